The Balaban J connectivity index is 1.83. The molecule has 0 aromatic heterocycles. The van der Waals surface area contributed by atoms with Crippen LogP contribution in [0, 0.1) is 11.3 Å². The van der Waals surface area contributed by atoms with Crippen molar-refractivity contribution in [2.75, 3.05) is 39.3 Å². The van der Waals surface area contributed by atoms with Gasteiger partial charge in [-0.15, -0.1) is 0 Å². The maximum absolute atomic E-state index is 2.76. The zero-order chi connectivity index (χ0) is 20.5. The van der Waals surface area contributed by atoms with E-state index in [-0.39, 0.29) is 0 Å². The Morgan fingerprint density at radius 2 is 1.19 bits per heavy atom. The first-order valence-electron chi connectivity index (χ1n) is 11.6. The number of nitrogens with zero attached hydrogens (tertiary/aromatic N) is 3. The second-order valence-corrected chi connectivity index (χ2v) is 11.8. The lowest BCUT2D eigenvalue weighted by atomic mass is 9.69. The van der Waals surface area contributed by atoms with Crippen LogP contribution in [-0.4, -0.2) is 71.1 Å². The smallest absolute Gasteiger partial charge is 0.0154 e. The van der Waals surface area contributed by atoms with E-state index in [2.05, 4.69) is 77.0 Å². The average molecular weight is 380 g/mol. The number of likely N-dealkylation sites (tertiary alicyclic amines) is 1. The molecule has 0 amide bonds. The van der Waals surface area contributed by atoms with Crippen LogP contribution < -0.4 is 0 Å². The highest BCUT2D eigenvalue weighted by Crippen LogP contribution is 2.41. The van der Waals surface area contributed by atoms with Crippen LogP contribution in [0.3, 0.4) is 0 Å². The van der Waals surface area contributed by atoms with Crippen LogP contribution >= 0.6 is 0 Å². The minimum absolute atomic E-state index is 0.309. The van der Waals surface area contributed by atoms with E-state index in [0.717, 1.165) is 5.92 Å². The molecule has 0 aromatic rings. The summed E-state index contributed by atoms with van der Waals surface area (Å²) in [4.78, 5) is 8.06. The van der Waals surface area contributed by atoms with E-state index >= 15 is 0 Å². The predicted molar refractivity (Wildman–Crippen MR) is 119 cm³/mol. The summed E-state index contributed by atoms with van der Waals surface area (Å²) < 4.78 is 0. The summed E-state index contributed by atoms with van der Waals surface area (Å²) in [6, 6.07) is 0.708. The molecular weight excluding hydrogens is 330 g/mol. The van der Waals surface area contributed by atoms with Gasteiger partial charge in [-0.25, -0.2) is 0 Å². The van der Waals surface area contributed by atoms with Gasteiger partial charge in [0.2, 0.25) is 0 Å². The molecule has 0 radical (unpaired) electrons. The van der Waals surface area contributed by atoms with Gasteiger partial charge in [-0.1, -0.05) is 13.8 Å². The molecule has 0 unspecified atom stereocenters. The molecule has 0 spiro atoms. The lowest BCUT2D eigenvalue weighted by molar-refractivity contribution is 0.00148. The molecule has 2 heterocycles. The first-order valence-corrected chi connectivity index (χ1v) is 11.6. The van der Waals surface area contributed by atoms with Crippen molar-refractivity contribution in [3.8, 4) is 0 Å². The molecule has 3 nitrogen and oxygen atoms in total. The second kappa shape index (κ2) is 8.71. The van der Waals surface area contributed by atoms with E-state index in [1.807, 2.05) is 0 Å². The quantitative estimate of drug-likeness (QED) is 0.635. The highest BCUT2D eigenvalue weighted by atomic mass is 15.3. The van der Waals surface area contributed by atoms with E-state index in [1.54, 1.807) is 0 Å². The molecule has 2 fully saturated rings. The highest BCUT2D eigenvalue weighted by molar-refractivity contribution is 4.92. The van der Waals surface area contributed by atoms with Crippen molar-refractivity contribution in [1.29, 1.82) is 0 Å². The van der Waals surface area contributed by atoms with Gasteiger partial charge in [0.25, 0.3) is 0 Å². The Bertz CT molecular complexity index is 445. The van der Waals surface area contributed by atoms with Crippen LogP contribution in [-0.2, 0) is 0 Å². The van der Waals surface area contributed by atoms with Gasteiger partial charge >= 0.3 is 0 Å². The Hall–Kier alpha value is -0.120. The van der Waals surface area contributed by atoms with Gasteiger partial charge in [-0.3, -0.25) is 9.80 Å². The molecule has 2 saturated heterocycles. The van der Waals surface area contributed by atoms with E-state index in [0.29, 0.717) is 22.5 Å². The van der Waals surface area contributed by atoms with Gasteiger partial charge in [-0.2, -0.15) is 0 Å². The molecule has 0 saturated carbocycles. The molecule has 160 valence electrons. The summed E-state index contributed by atoms with van der Waals surface area (Å²) >= 11 is 0. The minimum atomic E-state index is 0.309. The Morgan fingerprint density at radius 1 is 0.704 bits per heavy atom. The van der Waals surface area contributed by atoms with Crippen LogP contribution in [0.4, 0.5) is 0 Å². The van der Waals surface area contributed by atoms with Gasteiger partial charge in [0.05, 0.1) is 0 Å². The van der Waals surface area contributed by atoms with Crippen molar-refractivity contribution in [2.24, 2.45) is 11.3 Å². The number of piperazine rings is 1. The molecule has 0 N–H and O–H groups in total. The molecule has 0 bridgehead atoms. The summed E-state index contributed by atoms with van der Waals surface area (Å²) in [5.41, 5.74) is 1.09. The third-order valence-electron chi connectivity index (χ3n) is 7.83. The molecular formula is C24H49N3. The van der Waals surface area contributed by atoms with Crippen LogP contribution in [0.1, 0.15) is 88.0 Å². The molecule has 0 atom stereocenters. The average Bonchev–Trinajstić information content (AvgIpc) is 2.60. The van der Waals surface area contributed by atoms with Gasteiger partial charge in [-0.05, 0) is 98.6 Å². The van der Waals surface area contributed by atoms with Crippen LogP contribution in [0.2, 0.25) is 0 Å². The molecule has 0 aliphatic carbocycles. The van der Waals surface area contributed by atoms with E-state index in [4.69, 9.17) is 0 Å². The van der Waals surface area contributed by atoms with Gasteiger partial charge in [0.1, 0.15) is 0 Å². The van der Waals surface area contributed by atoms with Crippen molar-refractivity contribution < 1.29 is 0 Å². The Kier molecular flexibility index (Phi) is 7.47. The number of hydrogen-bond acceptors (Lipinski definition) is 3. The second-order valence-electron chi connectivity index (χ2n) is 11.8. The zero-order valence-corrected chi connectivity index (χ0v) is 20.1. The van der Waals surface area contributed by atoms with E-state index in [9.17, 15) is 0 Å². The highest BCUT2D eigenvalue weighted by Gasteiger charge is 2.37. The molecule has 2 rings (SSSR count). The zero-order valence-electron chi connectivity index (χ0n) is 20.1. The SMILES string of the molecule is CC(C)N1CCC(C(C)(C)CCC(C)(C)N2CCN(C(C)(C)C)CC2)CC1. The van der Waals surface area contributed by atoms with Crippen LogP contribution in [0.25, 0.3) is 0 Å². The first kappa shape index (κ1) is 23.2. The van der Waals surface area contributed by atoms with Gasteiger partial charge in [0.15, 0.2) is 0 Å². The largest absolute Gasteiger partial charge is 0.301 e. The maximum Gasteiger partial charge on any atom is 0.0154 e. The lowest BCUT2D eigenvalue weighted by Crippen LogP contribution is -2.58. The number of rotatable bonds is 6. The topological polar surface area (TPSA) is 9.72 Å². The monoisotopic (exact) mass is 379 g/mol. The molecule has 0 aromatic carbocycles. The van der Waals surface area contributed by atoms with Gasteiger partial charge < -0.3 is 4.90 Å². The van der Waals surface area contributed by atoms with Crippen molar-refractivity contribution in [1.82, 2.24) is 14.7 Å². The summed E-state index contributed by atoms with van der Waals surface area (Å²) in [5, 5.41) is 0. The molecule has 2 aliphatic rings. The van der Waals surface area contributed by atoms with Crippen molar-refractivity contribution in [3.05, 3.63) is 0 Å². The normalized spacial score (nSPS) is 23.3. The summed E-state index contributed by atoms with van der Waals surface area (Å²) in [5.74, 6) is 0.890. The summed E-state index contributed by atoms with van der Waals surface area (Å²) in [7, 11) is 0. The number of piperidine rings is 1. The maximum atomic E-state index is 2.76. The minimum Gasteiger partial charge on any atom is -0.301 e. The fraction of sp³-hybridized carbons (Fsp3) is 1.00. The van der Waals surface area contributed by atoms with Crippen LogP contribution in [0.5, 0.6) is 0 Å². The fourth-order valence-corrected chi connectivity index (χ4v) is 5.17. The standard InChI is InChI=1S/C24H49N3/c1-20(2)25-14-10-21(11-15-25)23(6,7)12-13-24(8,9)27-18-16-26(17-19-27)22(3,4)5/h20-21H,10-19H2,1-9H3. The predicted octanol–water partition coefficient (Wildman–Crippen LogP) is 5.11. The lowest BCUT2D eigenvalue weighted by Gasteiger charge is -2.49. The number of hydrogen-bond donors (Lipinski definition) is 0. The van der Waals surface area contributed by atoms with Crippen molar-refractivity contribution in [3.63, 3.8) is 0 Å². The Morgan fingerprint density at radius 3 is 1.63 bits per heavy atom. The van der Waals surface area contributed by atoms with E-state index in [1.165, 1.54) is 65.0 Å². The van der Waals surface area contributed by atoms with E-state index < -0.39 is 0 Å². The fourth-order valence-electron chi connectivity index (χ4n) is 5.17. The Labute approximate surface area is 170 Å². The molecule has 2 aliphatic heterocycles. The third kappa shape index (κ3) is 6.18. The van der Waals surface area contributed by atoms with Gasteiger partial charge in [0, 0.05) is 43.3 Å². The van der Waals surface area contributed by atoms with Crippen LogP contribution in [0.15, 0.2) is 0 Å². The van der Waals surface area contributed by atoms with Crippen molar-refractivity contribution >= 4 is 0 Å². The molecule has 27 heavy (non-hydrogen) atoms. The molecule has 3 heteroatoms. The first-order chi connectivity index (χ1) is 12.3. The van der Waals surface area contributed by atoms with Crippen molar-refractivity contribution in [2.45, 2.75) is 105 Å². The summed E-state index contributed by atoms with van der Waals surface area (Å²) in [6.45, 7) is 29.2. The third-order valence-corrected chi connectivity index (χ3v) is 7.83. The summed E-state index contributed by atoms with van der Waals surface area (Å²) in [6.07, 6.45) is 5.44.